The molecule has 0 radical (unpaired) electrons. The normalized spacial score (nSPS) is 27.1. The van der Waals surface area contributed by atoms with Crippen molar-refractivity contribution in [3.05, 3.63) is 30.3 Å². The van der Waals surface area contributed by atoms with Crippen molar-refractivity contribution in [1.82, 2.24) is 0 Å². The summed E-state index contributed by atoms with van der Waals surface area (Å²) >= 11 is 1.86. The summed E-state index contributed by atoms with van der Waals surface area (Å²) in [5.41, 5.74) is -0.256. The molecule has 0 saturated heterocycles. The molecular weight excluding hydrogens is 244 g/mol. The first-order chi connectivity index (χ1) is 8.60. The highest BCUT2D eigenvalue weighted by atomic mass is 32.2. The first kappa shape index (κ1) is 13.5. The quantitative estimate of drug-likeness (QED) is 0.609. The van der Waals surface area contributed by atoms with E-state index in [9.17, 15) is 4.79 Å². The fourth-order valence-corrected chi connectivity index (χ4v) is 3.91. The number of hydrogen-bond donors (Lipinski definition) is 0. The summed E-state index contributed by atoms with van der Waals surface area (Å²) in [6, 6.07) is 10.4. The highest BCUT2D eigenvalue weighted by molar-refractivity contribution is 7.99. The minimum atomic E-state index is -0.256. The van der Waals surface area contributed by atoms with Crippen LogP contribution in [0.1, 0.15) is 33.1 Å². The van der Waals surface area contributed by atoms with Crippen LogP contribution in [0.4, 0.5) is 0 Å². The Labute approximate surface area is 113 Å². The van der Waals surface area contributed by atoms with E-state index in [0.29, 0.717) is 5.92 Å². The van der Waals surface area contributed by atoms with Crippen LogP contribution in [0.3, 0.4) is 0 Å². The summed E-state index contributed by atoms with van der Waals surface area (Å²) in [5, 5.41) is 0. The number of ether oxygens (including phenoxy) is 1. The van der Waals surface area contributed by atoms with Gasteiger partial charge in [-0.3, -0.25) is 4.79 Å². The molecular formula is C15H20O2S. The molecule has 2 atom stereocenters. The van der Waals surface area contributed by atoms with Crippen molar-refractivity contribution >= 4 is 17.7 Å². The van der Waals surface area contributed by atoms with Crippen LogP contribution < -0.4 is 0 Å². The predicted octanol–water partition coefficient (Wildman–Crippen LogP) is 3.90. The summed E-state index contributed by atoms with van der Waals surface area (Å²) in [7, 11) is 0. The molecule has 0 bridgehead atoms. The molecule has 1 aromatic rings. The van der Waals surface area contributed by atoms with Crippen molar-refractivity contribution in [3.8, 4) is 0 Å². The van der Waals surface area contributed by atoms with E-state index >= 15 is 0 Å². The van der Waals surface area contributed by atoms with Gasteiger partial charge in [0.25, 0.3) is 0 Å². The molecule has 1 aromatic carbocycles. The third-order valence-corrected chi connectivity index (χ3v) is 4.84. The van der Waals surface area contributed by atoms with Crippen molar-refractivity contribution < 1.29 is 9.53 Å². The Kier molecular flexibility index (Phi) is 4.33. The lowest BCUT2D eigenvalue weighted by molar-refractivity contribution is -0.158. The molecule has 0 N–H and O–H groups in total. The SMILES string of the molecule is CC(=O)O[C@]1(C)CCC[C@H]1CSc1ccccc1. The monoisotopic (exact) mass is 264 g/mol. The lowest BCUT2D eigenvalue weighted by Crippen LogP contribution is -2.36. The lowest BCUT2D eigenvalue weighted by Gasteiger charge is -2.30. The second-order valence-electron chi connectivity index (χ2n) is 5.12. The molecule has 2 rings (SSSR count). The van der Waals surface area contributed by atoms with Gasteiger partial charge in [0, 0.05) is 23.5 Å². The molecule has 1 aliphatic carbocycles. The van der Waals surface area contributed by atoms with Gasteiger partial charge in [0.2, 0.25) is 0 Å². The predicted molar refractivity (Wildman–Crippen MR) is 74.7 cm³/mol. The van der Waals surface area contributed by atoms with Crippen LogP contribution in [0.15, 0.2) is 35.2 Å². The molecule has 2 nitrogen and oxygen atoms in total. The van der Waals surface area contributed by atoms with Crippen molar-refractivity contribution in [2.24, 2.45) is 5.92 Å². The van der Waals surface area contributed by atoms with Crippen LogP contribution in [0.5, 0.6) is 0 Å². The zero-order valence-corrected chi connectivity index (χ0v) is 11.8. The topological polar surface area (TPSA) is 26.3 Å². The smallest absolute Gasteiger partial charge is 0.303 e. The van der Waals surface area contributed by atoms with Crippen LogP contribution in [0, 0.1) is 5.92 Å². The van der Waals surface area contributed by atoms with Crippen molar-refractivity contribution in [2.45, 2.75) is 43.6 Å². The summed E-state index contributed by atoms with van der Waals surface area (Å²) < 4.78 is 5.55. The van der Waals surface area contributed by atoms with E-state index in [1.807, 2.05) is 17.8 Å². The van der Waals surface area contributed by atoms with Gasteiger partial charge in [0.15, 0.2) is 0 Å². The van der Waals surface area contributed by atoms with Gasteiger partial charge in [-0.25, -0.2) is 0 Å². The Morgan fingerprint density at radius 2 is 2.17 bits per heavy atom. The maximum atomic E-state index is 11.2. The summed E-state index contributed by atoms with van der Waals surface area (Å²) in [6.07, 6.45) is 3.31. The molecule has 18 heavy (non-hydrogen) atoms. The third-order valence-electron chi connectivity index (χ3n) is 3.66. The molecule has 0 heterocycles. The second-order valence-corrected chi connectivity index (χ2v) is 6.21. The van der Waals surface area contributed by atoms with E-state index in [-0.39, 0.29) is 11.6 Å². The van der Waals surface area contributed by atoms with Gasteiger partial charge in [0.1, 0.15) is 5.60 Å². The average molecular weight is 264 g/mol. The summed E-state index contributed by atoms with van der Waals surface area (Å²) in [5.74, 6) is 1.33. The van der Waals surface area contributed by atoms with Crippen LogP contribution >= 0.6 is 11.8 Å². The summed E-state index contributed by atoms with van der Waals surface area (Å²) in [6.45, 7) is 3.59. The van der Waals surface area contributed by atoms with E-state index in [2.05, 4.69) is 31.2 Å². The highest BCUT2D eigenvalue weighted by Gasteiger charge is 2.41. The first-order valence-corrected chi connectivity index (χ1v) is 7.46. The van der Waals surface area contributed by atoms with E-state index < -0.39 is 0 Å². The molecule has 98 valence electrons. The van der Waals surface area contributed by atoms with Gasteiger partial charge >= 0.3 is 5.97 Å². The standard InChI is InChI=1S/C15H20O2S/c1-12(16)17-15(2)10-6-7-13(15)11-18-14-8-4-3-5-9-14/h3-5,8-9,13H,6-7,10-11H2,1-2H3/t13-,15+/m0/s1. The van der Waals surface area contributed by atoms with Gasteiger partial charge in [-0.1, -0.05) is 18.2 Å². The lowest BCUT2D eigenvalue weighted by atomic mass is 9.94. The highest BCUT2D eigenvalue weighted by Crippen LogP contribution is 2.41. The van der Waals surface area contributed by atoms with Crippen LogP contribution in [0.2, 0.25) is 0 Å². The Hall–Kier alpha value is -0.960. The van der Waals surface area contributed by atoms with Crippen LogP contribution in [0.25, 0.3) is 0 Å². The largest absolute Gasteiger partial charge is 0.459 e. The van der Waals surface area contributed by atoms with Crippen LogP contribution in [-0.2, 0) is 9.53 Å². The molecule has 0 unspecified atom stereocenters. The van der Waals surface area contributed by atoms with E-state index in [1.54, 1.807) is 0 Å². The van der Waals surface area contributed by atoms with Gasteiger partial charge < -0.3 is 4.74 Å². The number of esters is 1. The zero-order valence-electron chi connectivity index (χ0n) is 11.0. The first-order valence-electron chi connectivity index (χ1n) is 6.47. The molecule has 0 aliphatic heterocycles. The maximum Gasteiger partial charge on any atom is 0.303 e. The van der Waals surface area contributed by atoms with Gasteiger partial charge in [-0.15, -0.1) is 11.8 Å². The van der Waals surface area contributed by atoms with E-state index in [4.69, 9.17) is 4.74 Å². The summed E-state index contributed by atoms with van der Waals surface area (Å²) in [4.78, 5) is 12.5. The minimum absolute atomic E-state index is 0.158. The van der Waals surface area contributed by atoms with Crippen molar-refractivity contribution in [1.29, 1.82) is 0 Å². The number of thioether (sulfide) groups is 1. The molecule has 1 aliphatic rings. The second kappa shape index (κ2) is 5.79. The van der Waals surface area contributed by atoms with Crippen LogP contribution in [-0.4, -0.2) is 17.3 Å². The van der Waals surface area contributed by atoms with Gasteiger partial charge in [-0.05, 0) is 38.3 Å². The zero-order chi connectivity index (χ0) is 13.0. The van der Waals surface area contributed by atoms with E-state index in [1.165, 1.54) is 11.8 Å². The third kappa shape index (κ3) is 3.29. The number of hydrogen-bond acceptors (Lipinski definition) is 3. The van der Waals surface area contributed by atoms with Crippen molar-refractivity contribution in [2.75, 3.05) is 5.75 Å². The Morgan fingerprint density at radius 3 is 2.83 bits per heavy atom. The Morgan fingerprint density at radius 1 is 1.44 bits per heavy atom. The molecule has 0 aromatic heterocycles. The number of carbonyl (C=O) groups is 1. The number of benzene rings is 1. The minimum Gasteiger partial charge on any atom is -0.459 e. The van der Waals surface area contributed by atoms with Crippen molar-refractivity contribution in [3.63, 3.8) is 0 Å². The maximum absolute atomic E-state index is 11.2. The number of carbonyl (C=O) groups excluding carboxylic acids is 1. The Balaban J connectivity index is 1.94. The van der Waals surface area contributed by atoms with Gasteiger partial charge in [-0.2, -0.15) is 0 Å². The van der Waals surface area contributed by atoms with Gasteiger partial charge in [0.05, 0.1) is 0 Å². The number of rotatable bonds is 4. The molecule has 0 amide bonds. The Bertz CT molecular complexity index is 404. The van der Waals surface area contributed by atoms with E-state index in [0.717, 1.165) is 25.0 Å². The molecule has 1 fully saturated rings. The molecule has 3 heteroatoms. The fraction of sp³-hybridized carbons (Fsp3) is 0.533. The molecule has 0 spiro atoms. The fourth-order valence-electron chi connectivity index (χ4n) is 2.64. The average Bonchev–Trinajstić information content (AvgIpc) is 2.68. The molecule has 1 saturated carbocycles.